The number of aliphatic hydroxyl groups excluding tert-OH is 1. The van der Waals surface area contributed by atoms with Crippen molar-refractivity contribution in [2.75, 3.05) is 14.2 Å². The average molecular weight is 169 g/mol. The third kappa shape index (κ3) is 3.12. The molecule has 0 spiro atoms. The SMILES string of the molecule is CO.COC(=O)c1cccnc1. The fourth-order valence-electron chi connectivity index (χ4n) is 0.601. The summed E-state index contributed by atoms with van der Waals surface area (Å²) in [5.41, 5.74) is 0.477. The van der Waals surface area contributed by atoms with Crippen LogP contribution < -0.4 is 0 Å². The summed E-state index contributed by atoms with van der Waals surface area (Å²) < 4.78 is 4.46. The molecule has 0 aliphatic carbocycles. The quantitative estimate of drug-likeness (QED) is 0.621. The van der Waals surface area contributed by atoms with Crippen molar-refractivity contribution < 1.29 is 14.6 Å². The molecule has 1 rings (SSSR count). The molecule has 0 aliphatic heterocycles. The molecule has 1 N–H and O–H groups in total. The number of carbonyl (C=O) groups is 1. The van der Waals surface area contributed by atoms with Crippen LogP contribution in [0.4, 0.5) is 0 Å². The molecule has 0 aromatic carbocycles. The highest BCUT2D eigenvalue weighted by Gasteiger charge is 2.01. The van der Waals surface area contributed by atoms with Gasteiger partial charge in [0, 0.05) is 19.5 Å². The number of pyridine rings is 1. The van der Waals surface area contributed by atoms with Gasteiger partial charge in [-0.15, -0.1) is 0 Å². The van der Waals surface area contributed by atoms with Crippen LogP contribution in [0.5, 0.6) is 0 Å². The van der Waals surface area contributed by atoms with Crippen LogP contribution in [0.15, 0.2) is 24.5 Å². The molecule has 0 bridgehead atoms. The molecular formula is C8H11NO3. The van der Waals surface area contributed by atoms with Crippen LogP contribution in [0, 0.1) is 0 Å². The zero-order valence-electron chi connectivity index (χ0n) is 7.02. The lowest BCUT2D eigenvalue weighted by atomic mass is 10.3. The van der Waals surface area contributed by atoms with Gasteiger partial charge in [-0.2, -0.15) is 0 Å². The first-order chi connectivity index (χ1) is 5.84. The Bertz CT molecular complexity index is 223. The van der Waals surface area contributed by atoms with Crippen LogP contribution in [0.1, 0.15) is 10.4 Å². The Labute approximate surface area is 70.8 Å². The molecule has 0 aliphatic rings. The Morgan fingerprint density at radius 1 is 1.58 bits per heavy atom. The summed E-state index contributed by atoms with van der Waals surface area (Å²) in [5, 5.41) is 7.00. The van der Waals surface area contributed by atoms with Crippen LogP contribution in [0.3, 0.4) is 0 Å². The van der Waals surface area contributed by atoms with Gasteiger partial charge in [0.05, 0.1) is 12.7 Å². The summed E-state index contributed by atoms with van der Waals surface area (Å²) in [6.45, 7) is 0. The molecule has 0 saturated carbocycles. The maximum Gasteiger partial charge on any atom is 0.339 e. The van der Waals surface area contributed by atoms with Crippen molar-refractivity contribution >= 4 is 5.97 Å². The van der Waals surface area contributed by atoms with E-state index in [1.165, 1.54) is 13.3 Å². The summed E-state index contributed by atoms with van der Waals surface area (Å²) in [6.07, 6.45) is 3.07. The number of carbonyl (C=O) groups excluding carboxylic acids is 1. The summed E-state index contributed by atoms with van der Waals surface area (Å²) in [6, 6.07) is 3.34. The lowest BCUT2D eigenvalue weighted by Crippen LogP contribution is -2.00. The van der Waals surface area contributed by atoms with Gasteiger partial charge in [-0.3, -0.25) is 4.98 Å². The molecule has 0 atom stereocenters. The first-order valence-electron chi connectivity index (χ1n) is 3.27. The van der Waals surface area contributed by atoms with E-state index in [4.69, 9.17) is 5.11 Å². The van der Waals surface area contributed by atoms with E-state index < -0.39 is 0 Å². The van der Waals surface area contributed by atoms with Crippen molar-refractivity contribution in [3.05, 3.63) is 30.1 Å². The van der Waals surface area contributed by atoms with Gasteiger partial charge in [0.15, 0.2) is 0 Å². The van der Waals surface area contributed by atoms with Crippen molar-refractivity contribution in [1.82, 2.24) is 4.98 Å². The normalized spacial score (nSPS) is 7.92. The number of nitrogens with zero attached hydrogens (tertiary/aromatic N) is 1. The Kier molecular flexibility index (Phi) is 5.55. The fourth-order valence-corrected chi connectivity index (χ4v) is 0.601. The van der Waals surface area contributed by atoms with Crippen molar-refractivity contribution in [3.63, 3.8) is 0 Å². The number of aliphatic hydroxyl groups is 1. The van der Waals surface area contributed by atoms with Gasteiger partial charge >= 0.3 is 5.97 Å². The lowest BCUT2D eigenvalue weighted by Gasteiger charge is -1.94. The number of hydrogen-bond acceptors (Lipinski definition) is 4. The van der Waals surface area contributed by atoms with Gasteiger partial charge in [-0.1, -0.05) is 0 Å². The standard InChI is InChI=1S/C7H7NO2.CH4O/c1-10-7(9)6-3-2-4-8-5-6;1-2/h2-5H,1H3;2H,1H3. The van der Waals surface area contributed by atoms with Gasteiger partial charge in [0.1, 0.15) is 0 Å². The number of esters is 1. The van der Waals surface area contributed by atoms with Crippen LogP contribution in [-0.2, 0) is 4.74 Å². The average Bonchev–Trinajstić information content (AvgIpc) is 2.21. The van der Waals surface area contributed by atoms with Gasteiger partial charge in [-0.05, 0) is 12.1 Å². The highest BCUT2D eigenvalue weighted by atomic mass is 16.5. The van der Waals surface area contributed by atoms with Crippen molar-refractivity contribution in [3.8, 4) is 0 Å². The predicted molar refractivity (Wildman–Crippen MR) is 43.7 cm³/mol. The first kappa shape index (κ1) is 10.6. The molecule has 0 saturated heterocycles. The maximum atomic E-state index is 10.8. The number of hydrogen-bond donors (Lipinski definition) is 1. The number of rotatable bonds is 1. The summed E-state index contributed by atoms with van der Waals surface area (Å²) >= 11 is 0. The zero-order valence-corrected chi connectivity index (χ0v) is 7.02. The van der Waals surface area contributed by atoms with Crippen LogP contribution >= 0.6 is 0 Å². The Hall–Kier alpha value is -1.42. The van der Waals surface area contributed by atoms with E-state index in [1.807, 2.05) is 0 Å². The van der Waals surface area contributed by atoms with Gasteiger partial charge in [0.2, 0.25) is 0 Å². The Balaban J connectivity index is 0.000000561. The van der Waals surface area contributed by atoms with Gasteiger partial charge < -0.3 is 9.84 Å². The van der Waals surface area contributed by atoms with Gasteiger partial charge in [0.25, 0.3) is 0 Å². The number of methoxy groups -OCH3 is 1. The minimum Gasteiger partial charge on any atom is -0.465 e. The molecule has 0 unspecified atom stereocenters. The first-order valence-corrected chi connectivity index (χ1v) is 3.27. The molecule has 0 fully saturated rings. The van der Waals surface area contributed by atoms with E-state index >= 15 is 0 Å². The fraction of sp³-hybridized carbons (Fsp3) is 0.250. The monoisotopic (exact) mass is 169 g/mol. The summed E-state index contributed by atoms with van der Waals surface area (Å²) in [5.74, 6) is -0.354. The second-order valence-corrected chi connectivity index (χ2v) is 1.73. The molecule has 0 amide bonds. The minimum absolute atomic E-state index is 0.354. The van der Waals surface area contributed by atoms with Crippen LogP contribution in [-0.4, -0.2) is 30.3 Å². The zero-order chi connectivity index (χ0) is 9.40. The highest BCUT2D eigenvalue weighted by molar-refractivity contribution is 5.88. The summed E-state index contributed by atoms with van der Waals surface area (Å²) in [4.78, 5) is 14.5. The molecule has 0 radical (unpaired) electrons. The molecule has 1 aromatic heterocycles. The molecule has 1 heterocycles. The van der Waals surface area contributed by atoms with E-state index in [0.717, 1.165) is 7.11 Å². The lowest BCUT2D eigenvalue weighted by molar-refractivity contribution is 0.0600. The van der Waals surface area contributed by atoms with Crippen LogP contribution in [0.2, 0.25) is 0 Å². The van der Waals surface area contributed by atoms with Crippen molar-refractivity contribution in [1.29, 1.82) is 0 Å². The molecular weight excluding hydrogens is 158 g/mol. The topological polar surface area (TPSA) is 59.4 Å². The second kappa shape index (κ2) is 6.30. The van der Waals surface area contributed by atoms with Crippen LogP contribution in [0.25, 0.3) is 0 Å². The largest absolute Gasteiger partial charge is 0.465 e. The van der Waals surface area contributed by atoms with E-state index in [1.54, 1.807) is 18.3 Å². The Morgan fingerprint density at radius 3 is 2.67 bits per heavy atom. The minimum atomic E-state index is -0.354. The van der Waals surface area contributed by atoms with Gasteiger partial charge in [-0.25, -0.2) is 4.79 Å². The van der Waals surface area contributed by atoms with Crippen molar-refractivity contribution in [2.24, 2.45) is 0 Å². The van der Waals surface area contributed by atoms with E-state index in [2.05, 4.69) is 9.72 Å². The molecule has 4 nitrogen and oxygen atoms in total. The predicted octanol–water partition coefficient (Wildman–Crippen LogP) is 0.477. The van der Waals surface area contributed by atoms with Crippen molar-refractivity contribution in [2.45, 2.75) is 0 Å². The number of aromatic nitrogens is 1. The summed E-state index contributed by atoms with van der Waals surface area (Å²) in [7, 11) is 2.34. The number of ether oxygens (including phenoxy) is 1. The third-order valence-electron chi connectivity index (χ3n) is 1.08. The third-order valence-corrected chi connectivity index (χ3v) is 1.08. The smallest absolute Gasteiger partial charge is 0.339 e. The molecule has 66 valence electrons. The van der Waals surface area contributed by atoms with E-state index in [-0.39, 0.29) is 5.97 Å². The maximum absolute atomic E-state index is 10.8. The highest BCUT2D eigenvalue weighted by Crippen LogP contribution is 1.96. The molecule has 1 aromatic rings. The van der Waals surface area contributed by atoms with E-state index in [9.17, 15) is 4.79 Å². The second-order valence-electron chi connectivity index (χ2n) is 1.73. The van der Waals surface area contributed by atoms with E-state index in [0.29, 0.717) is 5.56 Å². The Morgan fingerprint density at radius 2 is 2.25 bits per heavy atom. The molecule has 12 heavy (non-hydrogen) atoms. The molecule has 4 heteroatoms.